The van der Waals surface area contributed by atoms with Gasteiger partial charge in [-0.2, -0.15) is 0 Å². The van der Waals surface area contributed by atoms with Crippen molar-refractivity contribution >= 4 is 27.2 Å². The van der Waals surface area contributed by atoms with Crippen molar-refractivity contribution in [3.05, 3.63) is 47.9 Å². The lowest BCUT2D eigenvalue weighted by molar-refractivity contribution is 0.0964. The normalized spacial score (nSPS) is 12.6. The predicted molar refractivity (Wildman–Crippen MR) is 68.9 cm³/mol. The lowest BCUT2D eigenvalue weighted by Crippen LogP contribution is -2.29. The molecule has 2 N–H and O–H groups in total. The summed E-state index contributed by atoms with van der Waals surface area (Å²) in [6.07, 6.45) is 2.19. The highest BCUT2D eigenvalue weighted by atomic mass is 32.1. The smallest absolute Gasteiger partial charge is 0.181 e. The molecule has 0 radical (unpaired) electrons. The first-order valence-electron chi connectivity index (χ1n) is 5.11. The van der Waals surface area contributed by atoms with E-state index in [0.717, 1.165) is 15.6 Å². The maximum absolute atomic E-state index is 12.1. The summed E-state index contributed by atoms with van der Waals surface area (Å²) in [5, 5.41) is 3.09. The van der Waals surface area contributed by atoms with Gasteiger partial charge in [0.1, 0.15) is 0 Å². The molecule has 0 bridgehead atoms. The SMILES string of the molecule is C=CCC(N)C(=O)c1cccc2ccsc12. The van der Waals surface area contributed by atoms with E-state index in [1.807, 2.05) is 29.6 Å². The first kappa shape index (κ1) is 11.0. The van der Waals surface area contributed by atoms with Gasteiger partial charge in [0.2, 0.25) is 0 Å². The van der Waals surface area contributed by atoms with E-state index in [2.05, 4.69) is 6.58 Å². The summed E-state index contributed by atoms with van der Waals surface area (Å²) in [7, 11) is 0. The summed E-state index contributed by atoms with van der Waals surface area (Å²) in [4.78, 5) is 12.1. The predicted octanol–water partition coefficient (Wildman–Crippen LogP) is 2.99. The van der Waals surface area contributed by atoms with Crippen LogP contribution in [0.25, 0.3) is 10.1 Å². The average Bonchev–Trinajstić information content (AvgIpc) is 2.76. The molecule has 0 fully saturated rings. The maximum Gasteiger partial charge on any atom is 0.181 e. The van der Waals surface area contributed by atoms with Gasteiger partial charge in [-0.1, -0.05) is 18.2 Å². The van der Waals surface area contributed by atoms with Crippen LogP contribution in [0.3, 0.4) is 0 Å². The van der Waals surface area contributed by atoms with Crippen LogP contribution in [0.5, 0.6) is 0 Å². The molecule has 1 unspecified atom stereocenters. The molecule has 16 heavy (non-hydrogen) atoms. The zero-order valence-electron chi connectivity index (χ0n) is 8.85. The van der Waals surface area contributed by atoms with Gasteiger partial charge >= 0.3 is 0 Å². The molecule has 0 spiro atoms. The molecule has 0 saturated heterocycles. The number of rotatable bonds is 4. The van der Waals surface area contributed by atoms with Gasteiger partial charge in [-0.25, -0.2) is 0 Å². The van der Waals surface area contributed by atoms with Crippen molar-refractivity contribution in [3.8, 4) is 0 Å². The van der Waals surface area contributed by atoms with E-state index < -0.39 is 6.04 Å². The molecule has 2 nitrogen and oxygen atoms in total. The van der Waals surface area contributed by atoms with Crippen LogP contribution in [-0.2, 0) is 0 Å². The van der Waals surface area contributed by atoms with Crippen LogP contribution < -0.4 is 5.73 Å². The zero-order valence-corrected chi connectivity index (χ0v) is 9.67. The number of Topliss-reactive ketones (excluding diaryl/α,β-unsaturated/α-hetero) is 1. The minimum Gasteiger partial charge on any atom is -0.321 e. The van der Waals surface area contributed by atoms with E-state index in [9.17, 15) is 4.79 Å². The van der Waals surface area contributed by atoms with E-state index in [1.54, 1.807) is 17.4 Å². The lowest BCUT2D eigenvalue weighted by Gasteiger charge is -2.08. The zero-order chi connectivity index (χ0) is 11.5. The fraction of sp³-hybridized carbons (Fsp3) is 0.154. The summed E-state index contributed by atoms with van der Waals surface area (Å²) in [5.74, 6) is -0.00653. The van der Waals surface area contributed by atoms with Crippen molar-refractivity contribution in [2.75, 3.05) is 0 Å². The Balaban J connectivity index is 2.42. The van der Waals surface area contributed by atoms with Crippen LogP contribution in [0.1, 0.15) is 16.8 Å². The van der Waals surface area contributed by atoms with E-state index >= 15 is 0 Å². The van der Waals surface area contributed by atoms with Crippen LogP contribution in [0, 0.1) is 0 Å². The summed E-state index contributed by atoms with van der Waals surface area (Å²) < 4.78 is 1.02. The monoisotopic (exact) mass is 231 g/mol. The number of benzene rings is 1. The maximum atomic E-state index is 12.1. The Kier molecular flexibility index (Phi) is 3.17. The van der Waals surface area contributed by atoms with E-state index in [0.29, 0.717) is 6.42 Å². The largest absolute Gasteiger partial charge is 0.321 e. The molecular formula is C13H13NOS. The fourth-order valence-corrected chi connectivity index (χ4v) is 2.59. The summed E-state index contributed by atoms with van der Waals surface area (Å²) in [5.41, 5.74) is 6.53. The van der Waals surface area contributed by atoms with Gasteiger partial charge in [0.05, 0.1) is 6.04 Å². The van der Waals surface area contributed by atoms with Gasteiger partial charge in [-0.05, 0) is 29.3 Å². The van der Waals surface area contributed by atoms with Crippen molar-refractivity contribution in [1.82, 2.24) is 0 Å². The van der Waals surface area contributed by atoms with Crippen molar-refractivity contribution in [1.29, 1.82) is 0 Å². The Morgan fingerprint density at radius 3 is 3.06 bits per heavy atom. The van der Waals surface area contributed by atoms with E-state index in [1.165, 1.54) is 0 Å². The molecule has 0 aliphatic carbocycles. The molecule has 1 heterocycles. The van der Waals surface area contributed by atoms with Gasteiger partial charge < -0.3 is 5.73 Å². The molecule has 0 aliphatic rings. The van der Waals surface area contributed by atoms with Crippen LogP contribution in [0.15, 0.2) is 42.3 Å². The number of ketones is 1. The Morgan fingerprint density at radius 1 is 1.50 bits per heavy atom. The van der Waals surface area contributed by atoms with E-state index in [4.69, 9.17) is 5.73 Å². The van der Waals surface area contributed by atoms with Gasteiger partial charge in [0.15, 0.2) is 5.78 Å². The first-order chi connectivity index (χ1) is 7.74. The van der Waals surface area contributed by atoms with Crippen molar-refractivity contribution in [3.63, 3.8) is 0 Å². The lowest BCUT2D eigenvalue weighted by atomic mass is 10.0. The molecule has 82 valence electrons. The number of thiophene rings is 1. The number of carbonyl (C=O) groups excluding carboxylic acids is 1. The van der Waals surface area contributed by atoms with Crippen molar-refractivity contribution in [2.45, 2.75) is 12.5 Å². The number of hydrogen-bond donors (Lipinski definition) is 1. The molecule has 2 rings (SSSR count). The van der Waals surface area contributed by atoms with Crippen LogP contribution in [-0.4, -0.2) is 11.8 Å². The third-order valence-corrected chi connectivity index (χ3v) is 3.47. The Labute approximate surface area is 98.4 Å². The average molecular weight is 231 g/mol. The third-order valence-electron chi connectivity index (χ3n) is 2.50. The van der Waals surface area contributed by atoms with Crippen LogP contribution in [0.4, 0.5) is 0 Å². The minimum absolute atomic E-state index is 0.00653. The second kappa shape index (κ2) is 4.60. The Bertz CT molecular complexity index is 529. The molecule has 3 heteroatoms. The highest BCUT2D eigenvalue weighted by molar-refractivity contribution is 7.17. The molecule has 2 aromatic rings. The second-order valence-electron chi connectivity index (χ2n) is 3.64. The molecule has 0 amide bonds. The minimum atomic E-state index is -0.481. The number of nitrogens with two attached hydrogens (primary N) is 1. The summed E-state index contributed by atoms with van der Waals surface area (Å²) in [6, 6.07) is 7.26. The van der Waals surface area contributed by atoms with Crippen LogP contribution in [0.2, 0.25) is 0 Å². The fourth-order valence-electron chi connectivity index (χ4n) is 1.67. The number of carbonyl (C=O) groups is 1. The second-order valence-corrected chi connectivity index (χ2v) is 4.56. The van der Waals surface area contributed by atoms with Gasteiger partial charge in [-0.3, -0.25) is 4.79 Å². The topological polar surface area (TPSA) is 43.1 Å². The first-order valence-corrected chi connectivity index (χ1v) is 5.99. The van der Waals surface area contributed by atoms with Crippen molar-refractivity contribution in [2.24, 2.45) is 5.73 Å². The van der Waals surface area contributed by atoms with Crippen molar-refractivity contribution < 1.29 is 4.79 Å². The Morgan fingerprint density at radius 2 is 2.31 bits per heavy atom. The van der Waals surface area contributed by atoms with Crippen LogP contribution >= 0.6 is 11.3 Å². The third kappa shape index (κ3) is 1.92. The summed E-state index contributed by atoms with van der Waals surface area (Å²) >= 11 is 1.58. The molecule has 0 aliphatic heterocycles. The Hall–Kier alpha value is -1.45. The molecule has 1 aromatic carbocycles. The van der Waals surface area contributed by atoms with Gasteiger partial charge in [-0.15, -0.1) is 17.9 Å². The van der Waals surface area contributed by atoms with Gasteiger partial charge in [0.25, 0.3) is 0 Å². The number of fused-ring (bicyclic) bond motifs is 1. The molecular weight excluding hydrogens is 218 g/mol. The molecule has 1 atom stereocenters. The number of hydrogen-bond acceptors (Lipinski definition) is 3. The standard InChI is InChI=1S/C13H13NOS/c1-2-4-11(14)12(15)10-6-3-5-9-7-8-16-13(9)10/h2-3,5-8,11H,1,4,14H2. The van der Waals surface area contributed by atoms with E-state index in [-0.39, 0.29) is 5.78 Å². The van der Waals surface area contributed by atoms with Gasteiger partial charge in [0, 0.05) is 10.3 Å². The molecule has 0 saturated carbocycles. The molecule has 1 aromatic heterocycles. The quantitative estimate of drug-likeness (QED) is 0.649. The highest BCUT2D eigenvalue weighted by Crippen LogP contribution is 2.25. The summed E-state index contributed by atoms with van der Waals surface area (Å²) in [6.45, 7) is 3.60. The highest BCUT2D eigenvalue weighted by Gasteiger charge is 2.17.